The van der Waals surface area contributed by atoms with Gasteiger partial charge in [-0.15, -0.1) is 6.58 Å². The summed E-state index contributed by atoms with van der Waals surface area (Å²) in [7, 11) is -5.61. The highest BCUT2D eigenvalue weighted by Gasteiger charge is 2.41. The van der Waals surface area contributed by atoms with E-state index in [0.29, 0.717) is 6.42 Å². The summed E-state index contributed by atoms with van der Waals surface area (Å²) in [5.41, 5.74) is 0. The summed E-state index contributed by atoms with van der Waals surface area (Å²) in [6.07, 6.45) is 1.75. The van der Waals surface area contributed by atoms with Crippen LogP contribution in [0, 0.1) is 0 Å². The molecule has 0 bridgehead atoms. The van der Waals surface area contributed by atoms with Crippen molar-refractivity contribution in [2.75, 3.05) is 0 Å². The normalized spacial score (nSPS) is 17.3. The van der Waals surface area contributed by atoms with Crippen LogP contribution < -0.4 is 5.14 Å². The molecule has 0 fully saturated rings. The minimum atomic E-state index is -3.59. The van der Waals surface area contributed by atoms with E-state index in [1.54, 1.807) is 13.0 Å². The first kappa shape index (κ1) is 17.8. The Kier molecular flexibility index (Phi) is 5.80. The minimum absolute atomic E-state index is 0.0322. The van der Waals surface area contributed by atoms with E-state index < -0.39 is 29.7 Å². The Hall–Kier alpha value is -0.173. The van der Waals surface area contributed by atoms with Crippen molar-refractivity contribution in [3.8, 4) is 0 Å². The van der Waals surface area contributed by atoms with Crippen LogP contribution in [-0.2, 0) is 14.4 Å². The van der Waals surface area contributed by atoms with Crippen LogP contribution in [0.3, 0.4) is 0 Å². The summed E-state index contributed by atoms with van der Waals surface area (Å²) in [6.45, 7) is 15.8. The number of primary sulfonamides is 1. The highest BCUT2D eigenvalue weighted by Crippen LogP contribution is 2.38. The zero-order chi connectivity index (χ0) is 14.8. The zero-order valence-electron chi connectivity index (χ0n) is 12.4. The Labute approximate surface area is 113 Å². The predicted molar refractivity (Wildman–Crippen MR) is 79.5 cm³/mol. The molecule has 0 heterocycles. The third kappa shape index (κ3) is 4.83. The summed E-state index contributed by atoms with van der Waals surface area (Å²) in [5, 5.41) is 4.53. The fraction of sp³-hybridized carbons (Fsp3) is 0.833. The van der Waals surface area contributed by atoms with Crippen molar-refractivity contribution < 1.29 is 12.8 Å². The number of sulfonamides is 1. The van der Waals surface area contributed by atoms with Crippen LogP contribution in [-0.4, -0.2) is 28.1 Å². The third-order valence-corrected chi connectivity index (χ3v) is 9.54. The average molecular weight is 294 g/mol. The highest BCUT2D eigenvalue weighted by atomic mass is 32.2. The Balaban J connectivity index is 5.12. The quantitative estimate of drug-likeness (QED) is 0.604. The van der Waals surface area contributed by atoms with Gasteiger partial charge in [0.2, 0.25) is 10.0 Å². The second-order valence-electron chi connectivity index (χ2n) is 6.24. The molecule has 0 rings (SSSR count). The van der Waals surface area contributed by atoms with Crippen LogP contribution in [0.25, 0.3) is 0 Å². The SMILES string of the molecule is C=CCC(O[Si](C)(C)C(C)(C)C)[C@@H](C)S(N)(=O)=O. The van der Waals surface area contributed by atoms with Gasteiger partial charge in [-0.05, 0) is 31.5 Å². The number of hydrogen-bond donors (Lipinski definition) is 1. The molecule has 0 aromatic carbocycles. The molecule has 0 radical (unpaired) electrons. The van der Waals surface area contributed by atoms with E-state index >= 15 is 0 Å². The molecule has 18 heavy (non-hydrogen) atoms. The van der Waals surface area contributed by atoms with Crippen LogP contribution in [0.15, 0.2) is 12.7 Å². The smallest absolute Gasteiger partial charge is 0.214 e. The first-order valence-electron chi connectivity index (χ1n) is 6.13. The van der Waals surface area contributed by atoms with Gasteiger partial charge in [-0.3, -0.25) is 0 Å². The van der Waals surface area contributed by atoms with Gasteiger partial charge in [0.1, 0.15) is 0 Å². The lowest BCUT2D eigenvalue weighted by molar-refractivity contribution is 0.181. The van der Waals surface area contributed by atoms with Crippen molar-refractivity contribution in [3.05, 3.63) is 12.7 Å². The van der Waals surface area contributed by atoms with Gasteiger partial charge in [0.15, 0.2) is 8.32 Å². The minimum Gasteiger partial charge on any atom is -0.412 e. The molecule has 108 valence electrons. The lowest BCUT2D eigenvalue weighted by Gasteiger charge is -2.40. The van der Waals surface area contributed by atoms with Gasteiger partial charge in [-0.2, -0.15) is 0 Å². The van der Waals surface area contributed by atoms with Crippen molar-refractivity contribution >= 4 is 18.3 Å². The molecule has 0 spiro atoms. The van der Waals surface area contributed by atoms with E-state index in [-0.39, 0.29) is 5.04 Å². The molecule has 4 nitrogen and oxygen atoms in total. The Morgan fingerprint density at radius 3 is 2.11 bits per heavy atom. The summed E-state index contributed by atoms with van der Waals surface area (Å²) in [4.78, 5) is 0. The van der Waals surface area contributed by atoms with Gasteiger partial charge in [0, 0.05) is 0 Å². The highest BCUT2D eigenvalue weighted by molar-refractivity contribution is 7.89. The van der Waals surface area contributed by atoms with E-state index in [0.717, 1.165) is 0 Å². The van der Waals surface area contributed by atoms with Gasteiger partial charge in [-0.1, -0.05) is 26.8 Å². The molecule has 0 aromatic rings. The van der Waals surface area contributed by atoms with Gasteiger partial charge >= 0.3 is 0 Å². The van der Waals surface area contributed by atoms with Crippen molar-refractivity contribution in [2.45, 2.75) is 63.6 Å². The molecule has 0 aliphatic heterocycles. The Bertz CT molecular complexity index is 385. The Morgan fingerprint density at radius 1 is 1.39 bits per heavy atom. The van der Waals surface area contributed by atoms with E-state index in [1.807, 2.05) is 0 Å². The van der Waals surface area contributed by atoms with E-state index in [4.69, 9.17) is 9.56 Å². The van der Waals surface area contributed by atoms with Crippen molar-refractivity contribution in [1.82, 2.24) is 0 Å². The second-order valence-corrected chi connectivity index (χ2v) is 12.9. The first-order chi connectivity index (χ1) is 7.83. The summed E-state index contributed by atoms with van der Waals surface area (Å²) < 4.78 is 29.1. The van der Waals surface area contributed by atoms with Gasteiger partial charge < -0.3 is 4.43 Å². The van der Waals surface area contributed by atoms with Crippen LogP contribution in [0.5, 0.6) is 0 Å². The van der Waals surface area contributed by atoms with Crippen LogP contribution in [0.4, 0.5) is 0 Å². The fourth-order valence-corrected chi connectivity index (χ4v) is 3.37. The summed E-state index contributed by atoms with van der Waals surface area (Å²) in [6, 6.07) is 0. The largest absolute Gasteiger partial charge is 0.412 e. The van der Waals surface area contributed by atoms with Crippen LogP contribution in [0.2, 0.25) is 18.1 Å². The van der Waals surface area contributed by atoms with Crippen molar-refractivity contribution in [3.63, 3.8) is 0 Å². The van der Waals surface area contributed by atoms with Crippen molar-refractivity contribution in [2.24, 2.45) is 5.14 Å². The van der Waals surface area contributed by atoms with E-state index in [1.165, 1.54) is 0 Å². The lowest BCUT2D eigenvalue weighted by atomic mass is 10.2. The van der Waals surface area contributed by atoms with E-state index in [9.17, 15) is 8.42 Å². The van der Waals surface area contributed by atoms with Crippen LogP contribution in [0.1, 0.15) is 34.1 Å². The summed E-state index contributed by atoms with van der Waals surface area (Å²) in [5.74, 6) is 0. The monoisotopic (exact) mass is 293 g/mol. The molecular weight excluding hydrogens is 266 g/mol. The second kappa shape index (κ2) is 5.86. The van der Waals surface area contributed by atoms with Crippen LogP contribution >= 0.6 is 0 Å². The number of hydrogen-bond acceptors (Lipinski definition) is 3. The first-order valence-corrected chi connectivity index (χ1v) is 10.6. The van der Waals surface area contributed by atoms with Gasteiger partial charge in [0.25, 0.3) is 0 Å². The van der Waals surface area contributed by atoms with E-state index in [2.05, 4.69) is 40.4 Å². The van der Waals surface area contributed by atoms with Gasteiger partial charge in [-0.25, -0.2) is 13.6 Å². The molecule has 0 aliphatic rings. The molecule has 0 aliphatic carbocycles. The lowest BCUT2D eigenvalue weighted by Crippen LogP contribution is -2.48. The maximum Gasteiger partial charge on any atom is 0.214 e. The molecule has 6 heteroatoms. The summed E-state index contributed by atoms with van der Waals surface area (Å²) >= 11 is 0. The maximum absolute atomic E-state index is 11.5. The molecule has 2 N–H and O–H groups in total. The average Bonchev–Trinajstić information content (AvgIpc) is 2.12. The standard InChI is InChI=1S/C12H27NO3SSi/c1-8-9-11(10(2)17(13,14)15)16-18(6,7)12(3,4)5/h8,10-11H,1,9H2,2-7H3,(H2,13,14,15)/t10-,11?/m1/s1. The van der Waals surface area contributed by atoms with Gasteiger partial charge in [0.05, 0.1) is 11.4 Å². The molecule has 0 amide bonds. The third-order valence-electron chi connectivity index (χ3n) is 3.69. The predicted octanol–water partition coefficient (Wildman–Crippen LogP) is 2.63. The zero-order valence-corrected chi connectivity index (χ0v) is 14.2. The molecule has 0 saturated heterocycles. The molecule has 0 aromatic heterocycles. The Morgan fingerprint density at radius 2 is 1.83 bits per heavy atom. The number of nitrogens with two attached hydrogens (primary N) is 1. The molecule has 1 unspecified atom stereocenters. The fourth-order valence-electron chi connectivity index (χ4n) is 1.27. The molecule has 0 saturated carbocycles. The maximum atomic E-state index is 11.5. The number of rotatable bonds is 6. The molecular formula is C12H27NO3SSi. The van der Waals surface area contributed by atoms with Crippen molar-refractivity contribution in [1.29, 1.82) is 0 Å². The molecule has 2 atom stereocenters. The topological polar surface area (TPSA) is 69.4 Å².